The number of carbonyl (C=O) groups is 2. The predicted octanol–water partition coefficient (Wildman–Crippen LogP) is 1.62. The van der Waals surface area contributed by atoms with E-state index in [2.05, 4.69) is 5.32 Å². The van der Waals surface area contributed by atoms with Crippen molar-refractivity contribution in [2.45, 2.75) is 38.8 Å². The van der Waals surface area contributed by atoms with E-state index in [1.165, 1.54) is 5.56 Å². The molecule has 1 unspecified atom stereocenters. The van der Waals surface area contributed by atoms with Gasteiger partial charge in [-0.1, -0.05) is 29.8 Å². The fourth-order valence-corrected chi connectivity index (χ4v) is 2.94. The maximum absolute atomic E-state index is 12.7. The molecule has 1 aromatic carbocycles. The number of piperazine rings is 1. The van der Waals surface area contributed by atoms with Crippen LogP contribution in [0.15, 0.2) is 24.3 Å². The maximum Gasteiger partial charge on any atom is 0.249 e. The molecule has 1 heterocycles. The van der Waals surface area contributed by atoms with Crippen LogP contribution < -0.4 is 5.32 Å². The standard InChI is InChI=1S/C16H20N2O2/c1-11-3-5-12(6-4-11)9-18-10-14(19)17-16(2,15(18)20)13-7-8-13/h3-6,13H,7-10H2,1-2H3,(H,17,19). The molecule has 106 valence electrons. The lowest BCUT2D eigenvalue weighted by molar-refractivity contribution is -0.150. The van der Waals surface area contributed by atoms with Crippen LogP contribution in [-0.2, 0) is 16.1 Å². The van der Waals surface area contributed by atoms with Gasteiger partial charge in [0.25, 0.3) is 0 Å². The number of aryl methyl sites for hydroxylation is 1. The van der Waals surface area contributed by atoms with E-state index in [9.17, 15) is 9.59 Å². The van der Waals surface area contributed by atoms with Crippen molar-refractivity contribution in [3.63, 3.8) is 0 Å². The van der Waals surface area contributed by atoms with Gasteiger partial charge in [0, 0.05) is 6.54 Å². The van der Waals surface area contributed by atoms with Crippen molar-refractivity contribution in [1.82, 2.24) is 10.2 Å². The molecule has 0 radical (unpaired) electrons. The van der Waals surface area contributed by atoms with Crippen molar-refractivity contribution in [3.8, 4) is 0 Å². The maximum atomic E-state index is 12.7. The van der Waals surface area contributed by atoms with E-state index in [-0.39, 0.29) is 18.4 Å². The van der Waals surface area contributed by atoms with Gasteiger partial charge in [0.05, 0.1) is 6.54 Å². The zero-order valence-corrected chi connectivity index (χ0v) is 12.0. The van der Waals surface area contributed by atoms with Crippen LogP contribution in [0.4, 0.5) is 0 Å². The molecule has 1 aliphatic heterocycles. The summed E-state index contributed by atoms with van der Waals surface area (Å²) in [4.78, 5) is 26.2. The SMILES string of the molecule is Cc1ccc(CN2CC(=O)NC(C)(C3CC3)C2=O)cc1. The van der Waals surface area contributed by atoms with E-state index < -0.39 is 5.54 Å². The molecule has 1 N–H and O–H groups in total. The molecule has 1 atom stereocenters. The molecule has 1 saturated heterocycles. The number of carbonyl (C=O) groups excluding carboxylic acids is 2. The van der Waals surface area contributed by atoms with Crippen molar-refractivity contribution in [3.05, 3.63) is 35.4 Å². The van der Waals surface area contributed by atoms with Crippen LogP contribution in [0.1, 0.15) is 30.9 Å². The van der Waals surface area contributed by atoms with Gasteiger partial charge in [-0.3, -0.25) is 9.59 Å². The summed E-state index contributed by atoms with van der Waals surface area (Å²) in [5.74, 6) is 0.311. The molecule has 20 heavy (non-hydrogen) atoms. The average Bonchev–Trinajstić information content (AvgIpc) is 3.23. The number of amides is 2. The molecule has 2 amide bonds. The molecule has 0 spiro atoms. The highest BCUT2D eigenvalue weighted by Gasteiger charge is 2.52. The number of benzene rings is 1. The number of nitrogens with one attached hydrogen (secondary N) is 1. The smallest absolute Gasteiger partial charge is 0.249 e. The number of nitrogens with zero attached hydrogens (tertiary/aromatic N) is 1. The van der Waals surface area contributed by atoms with Gasteiger partial charge < -0.3 is 10.2 Å². The number of rotatable bonds is 3. The van der Waals surface area contributed by atoms with Gasteiger partial charge in [-0.2, -0.15) is 0 Å². The van der Waals surface area contributed by atoms with E-state index >= 15 is 0 Å². The summed E-state index contributed by atoms with van der Waals surface area (Å²) in [7, 11) is 0. The molecule has 1 aliphatic carbocycles. The molecule has 2 aliphatic rings. The predicted molar refractivity (Wildman–Crippen MR) is 75.9 cm³/mol. The Bertz CT molecular complexity index is 548. The van der Waals surface area contributed by atoms with E-state index in [0.717, 1.165) is 18.4 Å². The van der Waals surface area contributed by atoms with Crippen LogP contribution in [0.5, 0.6) is 0 Å². The van der Waals surface area contributed by atoms with E-state index in [1.54, 1.807) is 4.90 Å². The van der Waals surface area contributed by atoms with E-state index in [0.29, 0.717) is 12.5 Å². The number of hydrogen-bond donors (Lipinski definition) is 1. The molecule has 1 aromatic rings. The molecule has 4 heteroatoms. The molecular weight excluding hydrogens is 252 g/mol. The Morgan fingerprint density at radius 1 is 1.25 bits per heavy atom. The van der Waals surface area contributed by atoms with Crippen molar-refractivity contribution in [1.29, 1.82) is 0 Å². The minimum atomic E-state index is -0.694. The summed E-state index contributed by atoms with van der Waals surface area (Å²) >= 11 is 0. The summed E-state index contributed by atoms with van der Waals surface area (Å²) in [5.41, 5.74) is 1.57. The second-order valence-electron chi connectivity index (χ2n) is 6.17. The zero-order valence-electron chi connectivity index (χ0n) is 12.0. The highest BCUT2D eigenvalue weighted by molar-refractivity contribution is 5.98. The first-order valence-electron chi connectivity index (χ1n) is 7.15. The van der Waals surface area contributed by atoms with Crippen LogP contribution in [0.2, 0.25) is 0 Å². The van der Waals surface area contributed by atoms with Crippen LogP contribution in [0.3, 0.4) is 0 Å². The summed E-state index contributed by atoms with van der Waals surface area (Å²) in [6, 6.07) is 8.10. The summed E-state index contributed by atoms with van der Waals surface area (Å²) in [6.45, 7) is 4.57. The summed E-state index contributed by atoms with van der Waals surface area (Å²) < 4.78 is 0. The van der Waals surface area contributed by atoms with Crippen LogP contribution in [-0.4, -0.2) is 28.8 Å². The minimum absolute atomic E-state index is 0.0499. The van der Waals surface area contributed by atoms with E-state index in [4.69, 9.17) is 0 Å². The van der Waals surface area contributed by atoms with Crippen molar-refractivity contribution >= 4 is 11.8 Å². The third kappa shape index (κ3) is 2.30. The molecule has 0 bridgehead atoms. The highest BCUT2D eigenvalue weighted by Crippen LogP contribution is 2.41. The Labute approximate surface area is 119 Å². The largest absolute Gasteiger partial charge is 0.340 e. The Morgan fingerprint density at radius 3 is 2.50 bits per heavy atom. The molecule has 2 fully saturated rings. The first-order chi connectivity index (χ1) is 9.49. The van der Waals surface area contributed by atoms with Crippen molar-refractivity contribution < 1.29 is 9.59 Å². The summed E-state index contributed by atoms with van der Waals surface area (Å²) in [5, 5.41) is 2.90. The lowest BCUT2D eigenvalue weighted by atomic mass is 9.91. The third-order valence-corrected chi connectivity index (χ3v) is 4.35. The first kappa shape index (κ1) is 13.2. The zero-order chi connectivity index (χ0) is 14.3. The molecular formula is C16H20N2O2. The Morgan fingerprint density at radius 2 is 1.90 bits per heavy atom. The van der Waals surface area contributed by atoms with Gasteiger partial charge in [-0.15, -0.1) is 0 Å². The molecule has 4 nitrogen and oxygen atoms in total. The Kier molecular flexibility index (Phi) is 3.04. The van der Waals surface area contributed by atoms with Gasteiger partial charge in [0.15, 0.2) is 0 Å². The normalized spacial score (nSPS) is 26.6. The van der Waals surface area contributed by atoms with Crippen LogP contribution in [0.25, 0.3) is 0 Å². The third-order valence-electron chi connectivity index (χ3n) is 4.35. The minimum Gasteiger partial charge on any atom is -0.340 e. The van der Waals surface area contributed by atoms with Gasteiger partial charge >= 0.3 is 0 Å². The summed E-state index contributed by atoms with van der Waals surface area (Å²) in [6.07, 6.45) is 2.06. The highest BCUT2D eigenvalue weighted by atomic mass is 16.2. The molecule has 1 saturated carbocycles. The van der Waals surface area contributed by atoms with Gasteiger partial charge in [0.1, 0.15) is 5.54 Å². The lowest BCUT2D eigenvalue weighted by Gasteiger charge is -2.40. The van der Waals surface area contributed by atoms with Gasteiger partial charge in [0.2, 0.25) is 11.8 Å². The lowest BCUT2D eigenvalue weighted by Crippen LogP contribution is -2.66. The Hall–Kier alpha value is -1.84. The van der Waals surface area contributed by atoms with Gasteiger partial charge in [-0.25, -0.2) is 0 Å². The second-order valence-corrected chi connectivity index (χ2v) is 6.17. The monoisotopic (exact) mass is 272 g/mol. The molecule has 0 aromatic heterocycles. The van der Waals surface area contributed by atoms with Crippen LogP contribution >= 0.6 is 0 Å². The number of hydrogen-bond acceptors (Lipinski definition) is 2. The van der Waals surface area contributed by atoms with Crippen LogP contribution in [0, 0.1) is 12.8 Å². The van der Waals surface area contributed by atoms with Gasteiger partial charge in [-0.05, 0) is 38.2 Å². The van der Waals surface area contributed by atoms with Crippen molar-refractivity contribution in [2.24, 2.45) is 5.92 Å². The molecule has 3 rings (SSSR count). The fraction of sp³-hybridized carbons (Fsp3) is 0.500. The topological polar surface area (TPSA) is 49.4 Å². The second kappa shape index (κ2) is 4.62. The van der Waals surface area contributed by atoms with E-state index in [1.807, 2.05) is 38.1 Å². The van der Waals surface area contributed by atoms with Crippen molar-refractivity contribution in [2.75, 3.05) is 6.54 Å². The fourth-order valence-electron chi connectivity index (χ4n) is 2.94. The quantitative estimate of drug-likeness (QED) is 0.909. The average molecular weight is 272 g/mol. The first-order valence-corrected chi connectivity index (χ1v) is 7.15. The Balaban J connectivity index is 1.79.